The number of ether oxygens (including phenoxy) is 1. The predicted octanol–water partition coefficient (Wildman–Crippen LogP) is 1.61. The van der Waals surface area contributed by atoms with Gasteiger partial charge in [0.2, 0.25) is 0 Å². The average Bonchev–Trinajstić information content (AvgIpc) is 2.18. The van der Waals surface area contributed by atoms with Crippen molar-refractivity contribution >= 4 is 0 Å². The molecule has 1 fully saturated rings. The van der Waals surface area contributed by atoms with Gasteiger partial charge in [-0.3, -0.25) is 4.90 Å². The lowest BCUT2D eigenvalue weighted by Gasteiger charge is -2.43. The number of hydrogen-bond donors (Lipinski definition) is 1. The van der Waals surface area contributed by atoms with Crippen molar-refractivity contribution in [2.24, 2.45) is 5.73 Å². The Morgan fingerprint density at radius 3 is 2.33 bits per heavy atom. The summed E-state index contributed by atoms with van der Waals surface area (Å²) >= 11 is 0. The molecule has 2 N–H and O–H groups in total. The van der Waals surface area contributed by atoms with Crippen molar-refractivity contribution < 1.29 is 4.74 Å². The summed E-state index contributed by atoms with van der Waals surface area (Å²) in [5.41, 5.74) is 6.59. The molecule has 1 saturated heterocycles. The van der Waals surface area contributed by atoms with E-state index in [1.54, 1.807) is 0 Å². The van der Waals surface area contributed by atoms with E-state index in [1.807, 2.05) is 0 Å². The van der Waals surface area contributed by atoms with Crippen LogP contribution in [0.25, 0.3) is 0 Å². The second kappa shape index (κ2) is 4.81. The summed E-state index contributed by atoms with van der Waals surface area (Å²) in [6, 6.07) is 0. The first-order chi connectivity index (χ1) is 6.90. The molecule has 1 aliphatic rings. The molecule has 0 saturated carbocycles. The molecule has 0 spiro atoms. The van der Waals surface area contributed by atoms with Crippen molar-refractivity contribution in [1.29, 1.82) is 0 Å². The molecule has 0 unspecified atom stereocenters. The zero-order valence-electron chi connectivity index (χ0n) is 10.7. The van der Waals surface area contributed by atoms with Gasteiger partial charge in [0.05, 0.1) is 0 Å². The van der Waals surface area contributed by atoms with E-state index in [0.717, 1.165) is 39.0 Å². The molecule has 0 atom stereocenters. The molecule has 0 aromatic heterocycles. The quantitative estimate of drug-likeness (QED) is 0.773. The molecule has 0 aromatic rings. The van der Waals surface area contributed by atoms with Crippen LogP contribution in [0.4, 0.5) is 0 Å². The van der Waals surface area contributed by atoms with Crippen LogP contribution in [0, 0.1) is 0 Å². The third-order valence-electron chi connectivity index (χ3n) is 3.94. The molecule has 1 aliphatic heterocycles. The summed E-state index contributed by atoms with van der Waals surface area (Å²) in [5, 5.41) is 0. The van der Waals surface area contributed by atoms with Crippen LogP contribution in [-0.2, 0) is 4.74 Å². The zero-order valence-corrected chi connectivity index (χ0v) is 10.7. The summed E-state index contributed by atoms with van der Waals surface area (Å²) in [4.78, 5) is 2.39. The van der Waals surface area contributed by atoms with Crippen LogP contribution in [0.3, 0.4) is 0 Å². The van der Waals surface area contributed by atoms with Gasteiger partial charge < -0.3 is 10.5 Å². The average molecular weight is 214 g/mol. The Bertz CT molecular complexity index is 198. The lowest BCUT2D eigenvalue weighted by molar-refractivity contribution is 0.0243. The molecule has 0 bridgehead atoms. The van der Waals surface area contributed by atoms with E-state index in [-0.39, 0.29) is 11.1 Å². The minimum atomic E-state index is -0.0422. The largest absolute Gasteiger partial charge is 0.381 e. The summed E-state index contributed by atoms with van der Waals surface area (Å²) in [7, 11) is 2.17. The summed E-state index contributed by atoms with van der Waals surface area (Å²) in [5.74, 6) is 0. The maximum absolute atomic E-state index is 6.39. The molecular weight excluding hydrogens is 188 g/mol. The highest BCUT2D eigenvalue weighted by Gasteiger charge is 2.33. The molecular formula is C12H26N2O. The molecule has 90 valence electrons. The number of likely N-dealkylation sites (N-methyl/N-ethyl adjacent to an activating group) is 1. The molecule has 0 aliphatic carbocycles. The first-order valence-electron chi connectivity index (χ1n) is 5.97. The zero-order chi connectivity index (χ0) is 11.5. The fourth-order valence-electron chi connectivity index (χ4n) is 1.89. The van der Waals surface area contributed by atoms with Crippen LogP contribution >= 0.6 is 0 Å². The van der Waals surface area contributed by atoms with Gasteiger partial charge in [-0.05, 0) is 40.2 Å². The Labute approximate surface area is 94.0 Å². The standard InChI is InChI=1S/C12H26N2O/c1-5-11(2,3)14(4)10-12(13)6-8-15-9-7-12/h5-10,13H2,1-4H3. The van der Waals surface area contributed by atoms with E-state index >= 15 is 0 Å². The van der Waals surface area contributed by atoms with E-state index < -0.39 is 0 Å². The number of nitrogens with zero attached hydrogens (tertiary/aromatic N) is 1. The van der Waals surface area contributed by atoms with Crippen LogP contribution in [0.2, 0.25) is 0 Å². The highest BCUT2D eigenvalue weighted by Crippen LogP contribution is 2.23. The topological polar surface area (TPSA) is 38.5 Å². The second-order valence-electron chi connectivity index (χ2n) is 5.50. The maximum Gasteiger partial charge on any atom is 0.0484 e. The first-order valence-corrected chi connectivity index (χ1v) is 5.97. The molecule has 0 amide bonds. The Morgan fingerprint density at radius 1 is 1.33 bits per heavy atom. The lowest BCUT2D eigenvalue weighted by atomic mass is 9.88. The minimum absolute atomic E-state index is 0.0422. The van der Waals surface area contributed by atoms with Crippen LogP contribution in [0.1, 0.15) is 40.0 Å². The Morgan fingerprint density at radius 2 is 1.87 bits per heavy atom. The van der Waals surface area contributed by atoms with Crippen molar-refractivity contribution in [3.05, 3.63) is 0 Å². The Kier molecular flexibility index (Phi) is 4.15. The van der Waals surface area contributed by atoms with Crippen molar-refractivity contribution in [3.63, 3.8) is 0 Å². The highest BCUT2D eigenvalue weighted by molar-refractivity contribution is 4.92. The van der Waals surface area contributed by atoms with Gasteiger partial charge >= 0.3 is 0 Å². The maximum atomic E-state index is 6.39. The molecule has 3 heteroatoms. The SMILES string of the molecule is CCC(C)(C)N(C)CC1(N)CCOCC1. The van der Waals surface area contributed by atoms with E-state index in [9.17, 15) is 0 Å². The summed E-state index contributed by atoms with van der Waals surface area (Å²) in [6.07, 6.45) is 3.12. The first kappa shape index (κ1) is 12.9. The van der Waals surface area contributed by atoms with Crippen LogP contribution in [-0.4, -0.2) is 42.8 Å². The normalized spacial score (nSPS) is 22.0. The third kappa shape index (κ3) is 3.44. The summed E-state index contributed by atoms with van der Waals surface area (Å²) < 4.78 is 5.36. The minimum Gasteiger partial charge on any atom is -0.381 e. The van der Waals surface area contributed by atoms with Gasteiger partial charge in [0.1, 0.15) is 0 Å². The van der Waals surface area contributed by atoms with Crippen LogP contribution in [0.5, 0.6) is 0 Å². The Balaban J connectivity index is 2.52. The van der Waals surface area contributed by atoms with E-state index in [4.69, 9.17) is 10.5 Å². The second-order valence-corrected chi connectivity index (χ2v) is 5.50. The fraction of sp³-hybridized carbons (Fsp3) is 1.00. The number of nitrogens with two attached hydrogens (primary N) is 1. The van der Waals surface area contributed by atoms with Gasteiger partial charge in [0.25, 0.3) is 0 Å². The van der Waals surface area contributed by atoms with Gasteiger partial charge in [0.15, 0.2) is 0 Å². The number of hydrogen-bond acceptors (Lipinski definition) is 3. The van der Waals surface area contributed by atoms with Gasteiger partial charge in [-0.15, -0.1) is 0 Å². The van der Waals surface area contributed by atoms with Crippen LogP contribution < -0.4 is 5.73 Å². The van der Waals surface area contributed by atoms with Crippen molar-refractivity contribution in [3.8, 4) is 0 Å². The predicted molar refractivity (Wildman–Crippen MR) is 64.0 cm³/mol. The highest BCUT2D eigenvalue weighted by atomic mass is 16.5. The molecule has 3 nitrogen and oxygen atoms in total. The van der Waals surface area contributed by atoms with Gasteiger partial charge in [-0.2, -0.15) is 0 Å². The van der Waals surface area contributed by atoms with E-state index in [1.165, 1.54) is 0 Å². The van der Waals surface area contributed by atoms with Gasteiger partial charge in [-0.25, -0.2) is 0 Å². The monoisotopic (exact) mass is 214 g/mol. The van der Waals surface area contributed by atoms with Crippen molar-refractivity contribution in [2.75, 3.05) is 26.8 Å². The van der Waals surface area contributed by atoms with E-state index in [0.29, 0.717) is 0 Å². The van der Waals surface area contributed by atoms with Crippen molar-refractivity contribution in [2.45, 2.75) is 51.1 Å². The number of rotatable bonds is 4. The van der Waals surface area contributed by atoms with E-state index in [2.05, 4.69) is 32.7 Å². The molecule has 0 radical (unpaired) electrons. The van der Waals surface area contributed by atoms with Crippen molar-refractivity contribution in [1.82, 2.24) is 4.90 Å². The molecule has 1 heterocycles. The summed E-state index contributed by atoms with van der Waals surface area (Å²) in [6.45, 7) is 9.38. The molecule has 15 heavy (non-hydrogen) atoms. The molecule has 0 aromatic carbocycles. The van der Waals surface area contributed by atoms with Gasteiger partial charge in [-0.1, -0.05) is 6.92 Å². The van der Waals surface area contributed by atoms with Gasteiger partial charge in [0, 0.05) is 30.8 Å². The third-order valence-corrected chi connectivity index (χ3v) is 3.94. The lowest BCUT2D eigenvalue weighted by Crippen LogP contribution is -2.56. The fourth-order valence-corrected chi connectivity index (χ4v) is 1.89. The smallest absolute Gasteiger partial charge is 0.0484 e. The molecule has 1 rings (SSSR count). The van der Waals surface area contributed by atoms with Crippen LogP contribution in [0.15, 0.2) is 0 Å². The Hall–Kier alpha value is -0.120.